The van der Waals surface area contributed by atoms with Crippen molar-refractivity contribution in [3.05, 3.63) is 46.7 Å². The Morgan fingerprint density at radius 2 is 1.92 bits per heavy atom. The maximum atomic E-state index is 11.2. The Kier molecular flexibility index (Phi) is 7.69. The summed E-state index contributed by atoms with van der Waals surface area (Å²) in [5.41, 5.74) is 4.21. The smallest absolute Gasteiger partial charge is 0.318 e. The fourth-order valence-corrected chi connectivity index (χ4v) is 3.30. The van der Waals surface area contributed by atoms with Crippen LogP contribution in [0, 0.1) is 0 Å². The highest BCUT2D eigenvalue weighted by atomic mass is 32.1. The molecule has 0 amide bonds. The lowest BCUT2D eigenvalue weighted by Gasteiger charge is -2.11. The Bertz CT molecular complexity index is 662. The van der Waals surface area contributed by atoms with Gasteiger partial charge in [-0.15, -0.1) is 0 Å². The number of rotatable bonds is 9. The van der Waals surface area contributed by atoms with Crippen molar-refractivity contribution in [2.45, 2.75) is 52.4 Å². The summed E-state index contributed by atoms with van der Waals surface area (Å²) in [7, 11) is 0. The zero-order valence-electron chi connectivity index (χ0n) is 14.5. The minimum absolute atomic E-state index is 0.383. The molecule has 0 spiro atoms. The second kappa shape index (κ2) is 10.0. The number of carbonyl (C=O) groups is 1. The summed E-state index contributed by atoms with van der Waals surface area (Å²) in [4.78, 5) is 16.1. The van der Waals surface area contributed by atoms with Gasteiger partial charge in [-0.3, -0.25) is 0 Å². The van der Waals surface area contributed by atoms with Crippen LogP contribution in [-0.4, -0.2) is 11.7 Å². The zero-order valence-corrected chi connectivity index (χ0v) is 15.3. The quantitative estimate of drug-likeness (QED) is 0.241. The lowest BCUT2D eigenvalue weighted by atomic mass is 9.95. The van der Waals surface area contributed by atoms with Gasteiger partial charge in [0.05, 0.1) is 5.71 Å². The van der Waals surface area contributed by atoms with Crippen LogP contribution in [0.2, 0.25) is 0 Å². The number of benzene rings is 1. The molecule has 0 saturated heterocycles. The molecule has 2 rings (SSSR count). The molecule has 0 atom stereocenters. The number of hydrogen-bond donors (Lipinski definition) is 0. The van der Waals surface area contributed by atoms with E-state index in [0.717, 1.165) is 29.7 Å². The molecule has 2 aromatic rings. The fourth-order valence-electron chi connectivity index (χ4n) is 2.65. The van der Waals surface area contributed by atoms with Gasteiger partial charge in [-0.1, -0.05) is 62.0 Å². The molecule has 0 bridgehead atoms. The minimum Gasteiger partial charge on any atom is -0.318 e. The van der Waals surface area contributed by atoms with E-state index in [-0.39, 0.29) is 5.97 Å². The first-order chi connectivity index (χ1) is 11.7. The first kappa shape index (κ1) is 18.4. The van der Waals surface area contributed by atoms with Gasteiger partial charge in [0.15, 0.2) is 0 Å². The van der Waals surface area contributed by atoms with Crippen LogP contribution < -0.4 is 0 Å². The molecule has 0 fully saturated rings. The van der Waals surface area contributed by atoms with Crippen LogP contribution in [0.3, 0.4) is 0 Å². The van der Waals surface area contributed by atoms with Gasteiger partial charge in [-0.2, -0.15) is 11.3 Å². The number of carbonyl (C=O) groups excluding carboxylic acids is 1. The van der Waals surface area contributed by atoms with E-state index in [1.54, 1.807) is 11.3 Å². The molecule has 4 heteroatoms. The number of oxime groups is 1. The molecule has 24 heavy (non-hydrogen) atoms. The molecule has 128 valence electrons. The molecule has 0 saturated carbocycles. The summed E-state index contributed by atoms with van der Waals surface area (Å²) in [5, 5.41) is 8.35. The number of unbranched alkanes of at least 4 members (excludes halogenated alkanes) is 4. The normalized spacial score (nSPS) is 11.5. The molecular weight excluding hydrogens is 318 g/mol. The largest absolute Gasteiger partial charge is 0.331 e. The Labute approximate surface area is 148 Å². The standard InChI is InChI=1S/C20H25NO2S/c1-3-4-5-6-7-12-20(21-23-16(2)22)19-11-9-8-10-18(19)17-13-14-24-15-17/h8-11,13-15H,3-7,12H2,1-2H3. The first-order valence-corrected chi connectivity index (χ1v) is 9.53. The molecule has 1 heterocycles. The Morgan fingerprint density at radius 3 is 2.62 bits per heavy atom. The van der Waals surface area contributed by atoms with Crippen molar-refractivity contribution in [2.24, 2.45) is 5.16 Å². The van der Waals surface area contributed by atoms with E-state index < -0.39 is 0 Å². The van der Waals surface area contributed by atoms with Gasteiger partial charge in [0.1, 0.15) is 0 Å². The van der Waals surface area contributed by atoms with E-state index in [4.69, 9.17) is 4.84 Å². The third-order valence-corrected chi connectivity index (χ3v) is 4.55. The highest BCUT2D eigenvalue weighted by molar-refractivity contribution is 7.08. The van der Waals surface area contributed by atoms with Crippen molar-refractivity contribution in [3.8, 4) is 11.1 Å². The lowest BCUT2D eigenvalue weighted by Crippen LogP contribution is -2.06. The monoisotopic (exact) mass is 343 g/mol. The van der Waals surface area contributed by atoms with Gasteiger partial charge in [-0.25, -0.2) is 4.79 Å². The second-order valence-electron chi connectivity index (χ2n) is 5.84. The third-order valence-electron chi connectivity index (χ3n) is 3.87. The van der Waals surface area contributed by atoms with E-state index in [1.165, 1.54) is 38.2 Å². The summed E-state index contributed by atoms with van der Waals surface area (Å²) in [6.45, 7) is 3.60. The van der Waals surface area contributed by atoms with Crippen molar-refractivity contribution in [3.63, 3.8) is 0 Å². The van der Waals surface area contributed by atoms with Gasteiger partial charge in [0.2, 0.25) is 0 Å². The van der Waals surface area contributed by atoms with Crippen LogP contribution >= 0.6 is 11.3 Å². The van der Waals surface area contributed by atoms with Gasteiger partial charge >= 0.3 is 5.97 Å². The molecule has 1 aromatic carbocycles. The van der Waals surface area contributed by atoms with E-state index in [9.17, 15) is 4.79 Å². The maximum absolute atomic E-state index is 11.2. The predicted octanol–water partition coefficient (Wildman–Crippen LogP) is 6.04. The minimum atomic E-state index is -0.383. The van der Waals surface area contributed by atoms with Crippen molar-refractivity contribution in [1.29, 1.82) is 0 Å². The molecule has 0 aliphatic heterocycles. The van der Waals surface area contributed by atoms with Crippen molar-refractivity contribution < 1.29 is 9.63 Å². The van der Waals surface area contributed by atoms with Crippen LogP contribution in [0.5, 0.6) is 0 Å². The molecule has 0 aliphatic rings. The molecule has 0 N–H and O–H groups in total. The van der Waals surface area contributed by atoms with Gasteiger partial charge in [-0.05, 0) is 40.8 Å². The fraction of sp³-hybridized carbons (Fsp3) is 0.400. The Morgan fingerprint density at radius 1 is 1.12 bits per heavy atom. The van der Waals surface area contributed by atoms with Crippen LogP contribution in [0.1, 0.15) is 57.9 Å². The van der Waals surface area contributed by atoms with Crippen LogP contribution in [0.15, 0.2) is 46.2 Å². The number of nitrogens with zero attached hydrogens (tertiary/aromatic N) is 1. The van der Waals surface area contributed by atoms with Crippen LogP contribution in [-0.2, 0) is 9.63 Å². The second-order valence-corrected chi connectivity index (χ2v) is 6.62. The van der Waals surface area contributed by atoms with Crippen molar-refractivity contribution >= 4 is 23.0 Å². The number of thiophene rings is 1. The van der Waals surface area contributed by atoms with E-state index in [1.807, 2.05) is 12.1 Å². The van der Waals surface area contributed by atoms with E-state index >= 15 is 0 Å². The van der Waals surface area contributed by atoms with Crippen molar-refractivity contribution in [1.82, 2.24) is 0 Å². The average molecular weight is 343 g/mol. The van der Waals surface area contributed by atoms with Gasteiger partial charge < -0.3 is 4.84 Å². The highest BCUT2D eigenvalue weighted by Gasteiger charge is 2.12. The SMILES string of the molecule is CCCCCCCC(=NOC(C)=O)c1ccccc1-c1ccsc1. The van der Waals surface area contributed by atoms with E-state index in [2.05, 4.69) is 41.0 Å². The van der Waals surface area contributed by atoms with Crippen LogP contribution in [0.4, 0.5) is 0 Å². The van der Waals surface area contributed by atoms with E-state index in [0.29, 0.717) is 0 Å². The molecule has 0 radical (unpaired) electrons. The summed E-state index contributed by atoms with van der Waals surface area (Å²) in [6, 6.07) is 10.3. The molecular formula is C20H25NO2S. The number of hydrogen-bond acceptors (Lipinski definition) is 4. The van der Waals surface area contributed by atoms with Crippen molar-refractivity contribution in [2.75, 3.05) is 0 Å². The van der Waals surface area contributed by atoms with Gasteiger partial charge in [0, 0.05) is 12.5 Å². The lowest BCUT2D eigenvalue weighted by molar-refractivity contribution is -0.140. The predicted molar refractivity (Wildman–Crippen MR) is 101 cm³/mol. The third kappa shape index (κ3) is 5.60. The Hall–Kier alpha value is -1.94. The first-order valence-electron chi connectivity index (χ1n) is 8.58. The average Bonchev–Trinajstić information content (AvgIpc) is 3.11. The van der Waals surface area contributed by atoms with Crippen LogP contribution in [0.25, 0.3) is 11.1 Å². The highest BCUT2D eigenvalue weighted by Crippen LogP contribution is 2.27. The summed E-state index contributed by atoms with van der Waals surface area (Å²) < 4.78 is 0. The summed E-state index contributed by atoms with van der Waals surface area (Å²) in [6.07, 6.45) is 6.78. The topological polar surface area (TPSA) is 38.7 Å². The molecule has 0 aliphatic carbocycles. The zero-order chi connectivity index (χ0) is 17.2. The van der Waals surface area contributed by atoms with Gasteiger partial charge in [0.25, 0.3) is 0 Å². The molecule has 0 unspecified atom stereocenters. The molecule has 1 aromatic heterocycles. The summed E-state index contributed by atoms with van der Waals surface area (Å²) in [5.74, 6) is -0.383. The Balaban J connectivity index is 2.20. The maximum Gasteiger partial charge on any atom is 0.331 e. The summed E-state index contributed by atoms with van der Waals surface area (Å²) >= 11 is 1.67. The molecule has 3 nitrogen and oxygen atoms in total.